The molecule has 2 aromatic rings. The van der Waals surface area contributed by atoms with E-state index in [2.05, 4.69) is 15.4 Å². The Balaban J connectivity index is 1.99. The van der Waals surface area contributed by atoms with Gasteiger partial charge in [0.2, 0.25) is 15.9 Å². The van der Waals surface area contributed by atoms with Gasteiger partial charge in [0.05, 0.1) is 11.4 Å². The Morgan fingerprint density at radius 2 is 1.71 bits per heavy atom. The molecule has 0 spiro atoms. The van der Waals surface area contributed by atoms with Gasteiger partial charge in [0, 0.05) is 25.5 Å². The molecule has 10 heteroatoms. The smallest absolute Gasteiger partial charge is 0.387 e. The highest BCUT2D eigenvalue weighted by molar-refractivity contribution is 7.89. The lowest BCUT2D eigenvalue weighted by Crippen LogP contribution is -2.24. The van der Waals surface area contributed by atoms with Gasteiger partial charge in [0.25, 0.3) is 0 Å². The highest BCUT2D eigenvalue weighted by Crippen LogP contribution is 2.22. The fourth-order valence-electron chi connectivity index (χ4n) is 2.29. The molecule has 0 aliphatic carbocycles. The molecule has 0 atom stereocenters. The average Bonchev–Trinajstić information content (AvgIpc) is 2.62. The van der Waals surface area contributed by atoms with Gasteiger partial charge in [-0.3, -0.25) is 4.79 Å². The van der Waals surface area contributed by atoms with E-state index < -0.39 is 16.6 Å². The van der Waals surface area contributed by atoms with E-state index in [1.54, 1.807) is 19.1 Å². The van der Waals surface area contributed by atoms with Crippen molar-refractivity contribution in [3.63, 3.8) is 0 Å². The number of nitrogens with zero attached hydrogens (tertiary/aromatic N) is 1. The second-order valence-corrected chi connectivity index (χ2v) is 8.19. The SMILES string of the molecule is Cc1ccc(NCC(=O)Nc2ccc(OC(F)F)cc2)cc1S(=O)(=O)N(C)C. The lowest BCUT2D eigenvalue weighted by atomic mass is 10.2. The molecule has 28 heavy (non-hydrogen) atoms. The number of aryl methyl sites for hydroxylation is 1. The first-order chi connectivity index (χ1) is 13.1. The van der Waals surface area contributed by atoms with Crippen LogP contribution in [0.4, 0.5) is 20.2 Å². The van der Waals surface area contributed by atoms with Crippen LogP contribution in [-0.2, 0) is 14.8 Å². The van der Waals surface area contributed by atoms with E-state index in [1.807, 2.05) is 0 Å². The van der Waals surface area contributed by atoms with Crippen molar-refractivity contribution in [2.45, 2.75) is 18.4 Å². The van der Waals surface area contributed by atoms with Crippen molar-refractivity contribution in [2.24, 2.45) is 0 Å². The molecule has 0 aromatic heterocycles. The summed E-state index contributed by atoms with van der Waals surface area (Å²) in [7, 11) is -0.714. The monoisotopic (exact) mass is 413 g/mol. The zero-order valence-corrected chi connectivity index (χ0v) is 16.4. The summed E-state index contributed by atoms with van der Waals surface area (Å²) in [6, 6.07) is 10.3. The Morgan fingerprint density at radius 1 is 1.11 bits per heavy atom. The molecule has 0 aliphatic heterocycles. The van der Waals surface area contributed by atoms with Crippen LogP contribution in [0.3, 0.4) is 0 Å². The Labute approximate surface area is 162 Å². The molecule has 0 bridgehead atoms. The summed E-state index contributed by atoms with van der Waals surface area (Å²) in [6.45, 7) is -1.34. The third-order valence-electron chi connectivity index (χ3n) is 3.76. The van der Waals surface area contributed by atoms with Gasteiger partial charge in [-0.1, -0.05) is 6.07 Å². The molecular formula is C18H21F2N3O4S. The first-order valence-corrected chi connectivity index (χ1v) is 9.65. The highest BCUT2D eigenvalue weighted by Gasteiger charge is 2.20. The van der Waals surface area contributed by atoms with Crippen LogP contribution in [0.15, 0.2) is 47.4 Å². The van der Waals surface area contributed by atoms with E-state index in [0.717, 1.165) is 4.31 Å². The molecule has 152 valence electrons. The predicted octanol–water partition coefficient (Wildman–Crippen LogP) is 2.90. The third kappa shape index (κ3) is 5.64. The van der Waals surface area contributed by atoms with Gasteiger partial charge >= 0.3 is 6.61 Å². The van der Waals surface area contributed by atoms with Gasteiger partial charge in [-0.25, -0.2) is 12.7 Å². The molecule has 2 N–H and O–H groups in total. The normalized spacial score (nSPS) is 11.5. The van der Waals surface area contributed by atoms with E-state index in [1.165, 1.54) is 44.4 Å². The lowest BCUT2D eigenvalue weighted by molar-refractivity contribution is -0.114. The Kier molecular flexibility index (Phi) is 6.92. The Bertz CT molecular complexity index is 932. The van der Waals surface area contributed by atoms with Crippen molar-refractivity contribution < 1.29 is 26.7 Å². The van der Waals surface area contributed by atoms with Crippen molar-refractivity contribution in [2.75, 3.05) is 31.3 Å². The predicted molar refractivity (Wildman–Crippen MR) is 102 cm³/mol. The number of carbonyl (C=O) groups is 1. The summed E-state index contributed by atoms with van der Waals surface area (Å²) in [4.78, 5) is 12.2. The van der Waals surface area contributed by atoms with E-state index >= 15 is 0 Å². The summed E-state index contributed by atoms with van der Waals surface area (Å²) in [5, 5.41) is 5.46. The fourth-order valence-corrected chi connectivity index (χ4v) is 3.44. The minimum atomic E-state index is -3.60. The van der Waals surface area contributed by atoms with Crippen molar-refractivity contribution in [1.29, 1.82) is 0 Å². The topological polar surface area (TPSA) is 87.7 Å². The summed E-state index contributed by atoms with van der Waals surface area (Å²) in [5.41, 5.74) is 1.48. The summed E-state index contributed by atoms with van der Waals surface area (Å²) in [6.07, 6.45) is 0. The van der Waals surface area contributed by atoms with E-state index in [-0.39, 0.29) is 23.1 Å². The molecule has 0 fully saturated rings. The van der Waals surface area contributed by atoms with Crippen LogP contribution in [0.5, 0.6) is 5.75 Å². The van der Waals surface area contributed by atoms with Gasteiger partial charge in [0.1, 0.15) is 5.75 Å². The van der Waals surface area contributed by atoms with Crippen LogP contribution in [0.1, 0.15) is 5.56 Å². The second-order valence-electron chi connectivity index (χ2n) is 6.07. The molecule has 2 rings (SSSR count). The molecule has 0 unspecified atom stereocenters. The maximum atomic E-state index is 12.3. The number of nitrogens with one attached hydrogen (secondary N) is 2. The average molecular weight is 413 g/mol. The molecule has 0 saturated carbocycles. The molecule has 7 nitrogen and oxygen atoms in total. The Morgan fingerprint density at radius 3 is 2.29 bits per heavy atom. The zero-order valence-electron chi connectivity index (χ0n) is 15.6. The molecule has 0 aliphatic rings. The number of hydrogen-bond acceptors (Lipinski definition) is 5. The number of sulfonamides is 1. The van der Waals surface area contributed by atoms with Gasteiger partial charge in [-0.15, -0.1) is 0 Å². The van der Waals surface area contributed by atoms with E-state index in [0.29, 0.717) is 16.9 Å². The molecule has 0 heterocycles. The number of alkyl halides is 2. The van der Waals surface area contributed by atoms with Crippen LogP contribution >= 0.6 is 0 Å². The molecule has 1 amide bonds. The fraction of sp³-hybridized carbons (Fsp3) is 0.278. The number of halogens is 2. The first-order valence-electron chi connectivity index (χ1n) is 8.21. The van der Waals surface area contributed by atoms with Crippen LogP contribution < -0.4 is 15.4 Å². The van der Waals surface area contributed by atoms with Crippen LogP contribution in [0.25, 0.3) is 0 Å². The number of anilines is 2. The minimum absolute atomic E-state index is 0.0135. The number of carbonyl (C=O) groups excluding carboxylic acids is 1. The number of hydrogen-bond donors (Lipinski definition) is 2. The van der Waals surface area contributed by atoms with Crippen molar-refractivity contribution >= 4 is 27.3 Å². The van der Waals surface area contributed by atoms with Crippen molar-refractivity contribution in [1.82, 2.24) is 4.31 Å². The first kappa shape index (κ1) is 21.6. The zero-order chi connectivity index (χ0) is 20.9. The lowest BCUT2D eigenvalue weighted by Gasteiger charge is -2.15. The largest absolute Gasteiger partial charge is 0.435 e. The van der Waals surface area contributed by atoms with Crippen molar-refractivity contribution in [3.8, 4) is 5.75 Å². The van der Waals surface area contributed by atoms with Gasteiger partial charge in [0.15, 0.2) is 0 Å². The number of amides is 1. The minimum Gasteiger partial charge on any atom is -0.435 e. The van der Waals surface area contributed by atoms with Crippen LogP contribution in [-0.4, -0.2) is 45.9 Å². The maximum Gasteiger partial charge on any atom is 0.387 e. The van der Waals surface area contributed by atoms with Crippen LogP contribution in [0, 0.1) is 6.92 Å². The number of ether oxygens (including phenoxy) is 1. The highest BCUT2D eigenvalue weighted by atomic mass is 32.2. The Hall–Kier alpha value is -2.72. The van der Waals surface area contributed by atoms with Crippen molar-refractivity contribution in [3.05, 3.63) is 48.0 Å². The molecule has 0 radical (unpaired) electrons. The molecule has 2 aromatic carbocycles. The second kappa shape index (κ2) is 8.98. The molecular weight excluding hydrogens is 392 g/mol. The number of rotatable bonds is 8. The van der Waals surface area contributed by atoms with Gasteiger partial charge in [-0.05, 0) is 48.9 Å². The molecule has 0 saturated heterocycles. The maximum absolute atomic E-state index is 12.3. The van der Waals surface area contributed by atoms with E-state index in [9.17, 15) is 22.0 Å². The summed E-state index contributed by atoms with van der Waals surface area (Å²) < 4.78 is 54.3. The van der Waals surface area contributed by atoms with Crippen LogP contribution in [0.2, 0.25) is 0 Å². The number of benzene rings is 2. The summed E-state index contributed by atoms with van der Waals surface area (Å²) in [5.74, 6) is -0.402. The van der Waals surface area contributed by atoms with Gasteiger partial charge < -0.3 is 15.4 Å². The standard InChI is InChI=1S/C18H21F2N3O4S/c1-12-4-5-14(10-16(12)28(25,26)23(2)3)21-11-17(24)22-13-6-8-15(9-7-13)27-18(19)20/h4-10,18,21H,11H2,1-3H3,(H,22,24). The quantitative estimate of drug-likeness (QED) is 0.695. The third-order valence-corrected chi connectivity index (χ3v) is 5.72. The summed E-state index contributed by atoms with van der Waals surface area (Å²) >= 11 is 0. The van der Waals surface area contributed by atoms with Gasteiger partial charge in [-0.2, -0.15) is 8.78 Å². The van der Waals surface area contributed by atoms with E-state index in [4.69, 9.17) is 0 Å².